The summed E-state index contributed by atoms with van der Waals surface area (Å²) in [5, 5.41) is 6.59. The van der Waals surface area contributed by atoms with Crippen molar-refractivity contribution in [1.82, 2.24) is 10.2 Å². The van der Waals surface area contributed by atoms with Crippen LogP contribution in [0.5, 0.6) is 0 Å². The zero-order chi connectivity index (χ0) is 21.9. The van der Waals surface area contributed by atoms with Gasteiger partial charge < -0.3 is 15.5 Å². The maximum Gasteiger partial charge on any atom is 0.123 e. The third-order valence-electron chi connectivity index (χ3n) is 5.04. The van der Waals surface area contributed by atoms with E-state index in [0.29, 0.717) is 0 Å². The lowest BCUT2D eigenvalue weighted by molar-refractivity contribution is 0.331. The molecule has 4 heteroatoms. The second kappa shape index (κ2) is 12.0. The Kier molecular flexibility index (Phi) is 9.36. The molecule has 0 aliphatic rings. The minimum Gasteiger partial charge on any atom is -0.394 e. The van der Waals surface area contributed by atoms with Gasteiger partial charge in [-0.3, -0.25) is 0 Å². The monoisotopic (exact) mass is 407 g/mol. The molecule has 0 aliphatic heterocycles. The first-order chi connectivity index (χ1) is 14.5. The van der Waals surface area contributed by atoms with Crippen LogP contribution in [0.15, 0.2) is 66.9 Å². The molecule has 0 bridgehead atoms. The normalized spacial score (nSPS) is 11.9. The van der Waals surface area contributed by atoms with Gasteiger partial charge in [0.15, 0.2) is 0 Å². The zero-order valence-corrected chi connectivity index (χ0v) is 18.6. The molecule has 3 nitrogen and oxygen atoms in total. The van der Waals surface area contributed by atoms with Crippen molar-refractivity contribution in [2.75, 3.05) is 32.5 Å². The molecule has 160 valence electrons. The molecule has 2 aromatic carbocycles. The molecule has 2 N–H and O–H groups in total. The van der Waals surface area contributed by atoms with Gasteiger partial charge in [0.25, 0.3) is 0 Å². The van der Waals surface area contributed by atoms with E-state index in [1.54, 1.807) is 12.1 Å². The number of hydrogen-bond acceptors (Lipinski definition) is 3. The highest BCUT2D eigenvalue weighted by atomic mass is 19.1. The lowest BCUT2D eigenvalue weighted by Crippen LogP contribution is -2.21. The topological polar surface area (TPSA) is 27.3 Å². The Morgan fingerprint density at radius 3 is 2.70 bits per heavy atom. The second-order valence-corrected chi connectivity index (χ2v) is 7.55. The number of nitrogens with zero attached hydrogens (tertiary/aromatic N) is 1. The lowest BCUT2D eigenvalue weighted by Gasteiger charge is -2.21. The number of anilines is 1. The summed E-state index contributed by atoms with van der Waals surface area (Å²) in [4.78, 5) is 2.27. The molecule has 0 aliphatic carbocycles. The maximum absolute atomic E-state index is 13.4. The molecule has 0 fully saturated rings. The van der Waals surface area contributed by atoms with Crippen LogP contribution in [0, 0.1) is 12.7 Å². The summed E-state index contributed by atoms with van der Waals surface area (Å²) >= 11 is 0. The maximum atomic E-state index is 13.4. The van der Waals surface area contributed by atoms with Gasteiger partial charge in [0.1, 0.15) is 5.82 Å². The van der Waals surface area contributed by atoms with Crippen LogP contribution in [0.4, 0.5) is 10.1 Å². The highest BCUT2D eigenvalue weighted by Gasteiger charge is 2.10. The molecule has 0 saturated heterocycles. The average Bonchev–Trinajstić information content (AvgIpc) is 2.72. The Labute approximate surface area is 181 Å². The van der Waals surface area contributed by atoms with Crippen LogP contribution in [0.3, 0.4) is 0 Å². The van der Waals surface area contributed by atoms with Gasteiger partial charge in [-0.25, -0.2) is 4.39 Å². The molecule has 0 aromatic heterocycles. The standard InChI is InChI=1S/C26H34FN3/c1-6-21(11-13-28-4)18-29-26-16-20(3)15-23(25(26)7-2)19-30(5)14-12-22-9-8-10-24(27)17-22/h6-11,13,15-17,28-29H,2,12,14,18-19H2,1,3-5H3/b13-11-,21-6+. The number of likely N-dealkylation sites (N-methyl/N-ethyl adjacent to an activating group) is 1. The molecule has 0 spiro atoms. The first-order valence-electron chi connectivity index (χ1n) is 10.4. The van der Waals surface area contributed by atoms with Crippen molar-refractivity contribution < 1.29 is 4.39 Å². The largest absolute Gasteiger partial charge is 0.394 e. The molecule has 0 saturated carbocycles. The average molecular weight is 408 g/mol. The van der Waals surface area contributed by atoms with Crippen LogP contribution in [0.1, 0.15) is 29.2 Å². The summed E-state index contributed by atoms with van der Waals surface area (Å²) in [6.45, 7) is 10.6. The fourth-order valence-corrected chi connectivity index (χ4v) is 3.42. The second-order valence-electron chi connectivity index (χ2n) is 7.55. The van der Waals surface area contributed by atoms with Gasteiger partial charge in [0.05, 0.1) is 0 Å². The van der Waals surface area contributed by atoms with Crippen molar-refractivity contribution in [2.24, 2.45) is 0 Å². The van der Waals surface area contributed by atoms with Crippen molar-refractivity contribution in [3.05, 3.63) is 95.0 Å². The van der Waals surface area contributed by atoms with Gasteiger partial charge in [0.2, 0.25) is 0 Å². The first kappa shape index (κ1) is 23.4. The van der Waals surface area contributed by atoms with E-state index in [1.165, 1.54) is 22.8 Å². The Hall–Kier alpha value is -2.85. The third-order valence-corrected chi connectivity index (χ3v) is 5.04. The minimum absolute atomic E-state index is 0.177. The number of hydrogen-bond donors (Lipinski definition) is 2. The zero-order valence-electron chi connectivity index (χ0n) is 18.6. The Balaban J connectivity index is 2.09. The van der Waals surface area contributed by atoms with Crippen LogP contribution < -0.4 is 10.6 Å². The quantitative estimate of drug-likeness (QED) is 0.479. The number of rotatable bonds is 11. The summed E-state index contributed by atoms with van der Waals surface area (Å²) in [7, 11) is 3.99. The fourth-order valence-electron chi connectivity index (χ4n) is 3.42. The number of nitrogens with one attached hydrogen (secondary N) is 2. The summed E-state index contributed by atoms with van der Waals surface area (Å²) in [6, 6.07) is 11.2. The van der Waals surface area contributed by atoms with Gasteiger partial charge in [0, 0.05) is 37.9 Å². The molecule has 0 atom stereocenters. The Morgan fingerprint density at radius 1 is 1.23 bits per heavy atom. The van der Waals surface area contributed by atoms with Crippen LogP contribution in [-0.2, 0) is 13.0 Å². The van der Waals surface area contributed by atoms with E-state index in [-0.39, 0.29) is 5.82 Å². The molecule has 30 heavy (non-hydrogen) atoms. The minimum atomic E-state index is -0.177. The van der Waals surface area contributed by atoms with Gasteiger partial charge in [-0.15, -0.1) is 0 Å². The van der Waals surface area contributed by atoms with E-state index in [1.807, 2.05) is 32.3 Å². The summed E-state index contributed by atoms with van der Waals surface area (Å²) in [6.07, 6.45) is 8.84. The smallest absolute Gasteiger partial charge is 0.123 e. The third kappa shape index (κ3) is 7.20. The van der Waals surface area contributed by atoms with Crippen LogP contribution in [0.2, 0.25) is 0 Å². The number of benzene rings is 2. The van der Waals surface area contributed by atoms with Gasteiger partial charge in [-0.05, 0) is 80.1 Å². The van der Waals surface area contributed by atoms with E-state index in [9.17, 15) is 4.39 Å². The van der Waals surface area contributed by atoms with Crippen molar-refractivity contribution in [3.63, 3.8) is 0 Å². The van der Waals surface area contributed by atoms with Gasteiger partial charge >= 0.3 is 0 Å². The molecular weight excluding hydrogens is 373 g/mol. The van der Waals surface area contributed by atoms with Gasteiger partial charge in [-0.2, -0.15) is 0 Å². The summed E-state index contributed by atoms with van der Waals surface area (Å²) in [5.74, 6) is -0.177. The molecule has 2 aromatic rings. The lowest BCUT2D eigenvalue weighted by atomic mass is 10.0. The molecule has 0 radical (unpaired) electrons. The first-order valence-corrected chi connectivity index (χ1v) is 10.4. The highest BCUT2D eigenvalue weighted by Crippen LogP contribution is 2.25. The van der Waals surface area contributed by atoms with E-state index in [4.69, 9.17) is 0 Å². The van der Waals surface area contributed by atoms with Crippen LogP contribution in [-0.4, -0.2) is 32.1 Å². The summed E-state index contributed by atoms with van der Waals surface area (Å²) < 4.78 is 13.4. The van der Waals surface area contributed by atoms with Crippen molar-refractivity contribution in [1.29, 1.82) is 0 Å². The Morgan fingerprint density at radius 2 is 2.03 bits per heavy atom. The SMILES string of the molecule is C=Cc1c(CN(C)CCc2cccc(F)c2)cc(C)cc1NCC(/C=C\NC)=C/C. The molecule has 0 unspecified atom stereocenters. The van der Waals surface area contributed by atoms with E-state index < -0.39 is 0 Å². The summed E-state index contributed by atoms with van der Waals surface area (Å²) in [5.41, 5.74) is 6.90. The van der Waals surface area contributed by atoms with Crippen LogP contribution in [0.25, 0.3) is 6.08 Å². The predicted octanol–water partition coefficient (Wildman–Crippen LogP) is 5.54. The highest BCUT2D eigenvalue weighted by molar-refractivity contribution is 5.70. The van der Waals surface area contributed by atoms with E-state index in [2.05, 4.69) is 60.4 Å². The molecular formula is C26H34FN3. The van der Waals surface area contributed by atoms with E-state index >= 15 is 0 Å². The molecule has 2 rings (SSSR count). The van der Waals surface area contributed by atoms with E-state index in [0.717, 1.165) is 42.9 Å². The van der Waals surface area contributed by atoms with Crippen molar-refractivity contribution in [2.45, 2.75) is 26.8 Å². The number of aryl methyl sites for hydroxylation is 1. The fraction of sp³-hybridized carbons (Fsp3) is 0.308. The molecule has 0 amide bonds. The van der Waals surface area contributed by atoms with Crippen LogP contribution >= 0.6 is 0 Å². The predicted molar refractivity (Wildman–Crippen MR) is 128 cm³/mol. The number of allylic oxidation sites excluding steroid dienone is 1. The molecule has 0 heterocycles. The van der Waals surface area contributed by atoms with Crippen molar-refractivity contribution >= 4 is 11.8 Å². The van der Waals surface area contributed by atoms with Gasteiger partial charge in [-0.1, -0.05) is 36.9 Å². The van der Waals surface area contributed by atoms with Crippen molar-refractivity contribution in [3.8, 4) is 0 Å². The Bertz CT molecular complexity index is 899. The number of halogens is 1.